The highest BCUT2D eigenvalue weighted by Gasteiger charge is 2.28. The van der Waals surface area contributed by atoms with Gasteiger partial charge in [-0.3, -0.25) is 4.79 Å². The van der Waals surface area contributed by atoms with Crippen LogP contribution in [0.4, 0.5) is 5.82 Å². The molecule has 2 aromatic heterocycles. The van der Waals surface area contributed by atoms with Crippen LogP contribution in [0, 0.1) is 13.8 Å². The van der Waals surface area contributed by atoms with Crippen molar-refractivity contribution in [2.75, 3.05) is 44.3 Å². The lowest BCUT2D eigenvalue weighted by molar-refractivity contribution is 0.0706. The maximum atomic E-state index is 12.5. The Morgan fingerprint density at radius 1 is 1.15 bits per heavy atom. The second kappa shape index (κ2) is 7.90. The van der Waals surface area contributed by atoms with Crippen molar-refractivity contribution in [1.82, 2.24) is 19.9 Å². The zero-order valence-corrected chi connectivity index (χ0v) is 16.7. The molecule has 0 N–H and O–H groups in total. The molecule has 2 fully saturated rings. The first-order valence-corrected chi connectivity index (χ1v) is 10.4. The maximum Gasteiger partial charge on any atom is 0.273 e. The van der Waals surface area contributed by atoms with Crippen LogP contribution >= 0.6 is 11.3 Å². The van der Waals surface area contributed by atoms with Crippen LogP contribution in [0.25, 0.3) is 0 Å². The number of nitrogens with zero attached hydrogens (tertiary/aromatic N) is 5. The van der Waals surface area contributed by atoms with E-state index < -0.39 is 0 Å². The van der Waals surface area contributed by atoms with E-state index in [0.29, 0.717) is 11.6 Å². The van der Waals surface area contributed by atoms with Gasteiger partial charge in [-0.2, -0.15) is 0 Å². The van der Waals surface area contributed by atoms with Gasteiger partial charge in [0.25, 0.3) is 5.91 Å². The standard InChI is InChI=1S/C19H25N5O2S/c1-13-14(2)21-17(22-18(13)23-7-9-26-10-8-23)15-3-5-24(6-4-15)19(25)16-11-27-12-20-16/h11-12,15H,3-10H2,1-2H3. The number of aromatic nitrogens is 3. The summed E-state index contributed by atoms with van der Waals surface area (Å²) in [4.78, 5) is 30.6. The minimum atomic E-state index is 0.0321. The quantitative estimate of drug-likeness (QED) is 0.805. The fourth-order valence-electron chi connectivity index (χ4n) is 3.72. The van der Waals surface area contributed by atoms with Gasteiger partial charge >= 0.3 is 0 Å². The molecule has 0 aliphatic carbocycles. The molecule has 2 aliphatic rings. The van der Waals surface area contributed by atoms with E-state index in [4.69, 9.17) is 14.7 Å². The number of likely N-dealkylation sites (tertiary alicyclic amines) is 1. The molecule has 1 amide bonds. The second-order valence-corrected chi connectivity index (χ2v) is 7.87. The molecule has 7 nitrogen and oxygen atoms in total. The lowest BCUT2D eigenvalue weighted by Crippen LogP contribution is -2.39. The summed E-state index contributed by atoms with van der Waals surface area (Å²) >= 11 is 1.46. The first-order valence-electron chi connectivity index (χ1n) is 9.49. The van der Waals surface area contributed by atoms with E-state index in [1.807, 2.05) is 10.3 Å². The Labute approximate surface area is 163 Å². The van der Waals surface area contributed by atoms with Gasteiger partial charge in [0.05, 0.1) is 18.7 Å². The van der Waals surface area contributed by atoms with Crippen LogP contribution in [0.3, 0.4) is 0 Å². The number of hydrogen-bond acceptors (Lipinski definition) is 7. The highest BCUT2D eigenvalue weighted by atomic mass is 32.1. The van der Waals surface area contributed by atoms with Gasteiger partial charge in [-0.25, -0.2) is 15.0 Å². The minimum Gasteiger partial charge on any atom is -0.378 e. The van der Waals surface area contributed by atoms with E-state index in [0.717, 1.165) is 75.1 Å². The predicted octanol–water partition coefficient (Wildman–Crippen LogP) is 2.41. The van der Waals surface area contributed by atoms with Gasteiger partial charge in [0.2, 0.25) is 0 Å². The molecule has 0 saturated carbocycles. The Morgan fingerprint density at radius 2 is 1.89 bits per heavy atom. The topological polar surface area (TPSA) is 71.5 Å². The van der Waals surface area contributed by atoms with Crippen molar-refractivity contribution in [2.45, 2.75) is 32.6 Å². The van der Waals surface area contributed by atoms with Gasteiger partial charge in [0.1, 0.15) is 17.3 Å². The summed E-state index contributed by atoms with van der Waals surface area (Å²) in [7, 11) is 0. The van der Waals surface area contributed by atoms with Gasteiger partial charge in [-0.15, -0.1) is 11.3 Å². The molecule has 2 aliphatic heterocycles. The molecular weight excluding hydrogens is 362 g/mol. The second-order valence-electron chi connectivity index (χ2n) is 7.16. The monoisotopic (exact) mass is 387 g/mol. The third-order valence-corrected chi connectivity index (χ3v) is 6.08. The molecule has 0 aromatic carbocycles. The number of ether oxygens (including phenoxy) is 1. The van der Waals surface area contributed by atoms with Gasteiger partial charge in [-0.05, 0) is 26.7 Å². The number of carbonyl (C=O) groups excluding carboxylic acids is 1. The summed E-state index contributed by atoms with van der Waals surface area (Å²) in [5, 5.41) is 1.81. The molecule has 4 rings (SSSR count). The highest BCUT2D eigenvalue weighted by Crippen LogP contribution is 2.30. The van der Waals surface area contributed by atoms with Gasteiger partial charge in [0.15, 0.2) is 0 Å². The predicted molar refractivity (Wildman–Crippen MR) is 105 cm³/mol. The van der Waals surface area contributed by atoms with Crippen molar-refractivity contribution in [3.63, 3.8) is 0 Å². The Balaban J connectivity index is 1.48. The number of rotatable bonds is 3. The van der Waals surface area contributed by atoms with Crippen molar-refractivity contribution < 1.29 is 9.53 Å². The van der Waals surface area contributed by atoms with Crippen LogP contribution in [0.1, 0.15) is 46.3 Å². The summed E-state index contributed by atoms with van der Waals surface area (Å²) in [6.45, 7) is 8.84. The zero-order chi connectivity index (χ0) is 18.8. The molecule has 8 heteroatoms. The Bertz CT molecular complexity index is 797. The van der Waals surface area contributed by atoms with Crippen LogP contribution in [0.15, 0.2) is 10.9 Å². The maximum absolute atomic E-state index is 12.5. The van der Waals surface area contributed by atoms with Gasteiger partial charge in [0, 0.05) is 48.7 Å². The molecule has 0 atom stereocenters. The average molecular weight is 388 g/mol. The SMILES string of the molecule is Cc1nc(C2CCN(C(=O)c3cscn3)CC2)nc(N2CCOCC2)c1C. The van der Waals surface area contributed by atoms with E-state index in [1.54, 1.807) is 5.51 Å². The number of anilines is 1. The van der Waals surface area contributed by atoms with Crippen molar-refractivity contribution >= 4 is 23.1 Å². The molecule has 0 radical (unpaired) electrons. The van der Waals surface area contributed by atoms with Crippen LogP contribution in [-0.2, 0) is 4.74 Å². The van der Waals surface area contributed by atoms with Crippen LogP contribution in [0.2, 0.25) is 0 Å². The molecular formula is C19H25N5O2S. The number of piperidine rings is 1. The largest absolute Gasteiger partial charge is 0.378 e. The van der Waals surface area contributed by atoms with Crippen molar-refractivity contribution in [3.8, 4) is 0 Å². The molecule has 0 bridgehead atoms. The fourth-order valence-corrected chi connectivity index (χ4v) is 4.25. The normalized spacial score (nSPS) is 18.7. The van der Waals surface area contributed by atoms with E-state index >= 15 is 0 Å². The summed E-state index contributed by atoms with van der Waals surface area (Å²) < 4.78 is 5.48. The molecule has 2 saturated heterocycles. The Hall–Kier alpha value is -2.06. The molecule has 0 spiro atoms. The summed E-state index contributed by atoms with van der Waals surface area (Å²) in [5.74, 6) is 2.29. The number of amides is 1. The van der Waals surface area contributed by atoms with Crippen molar-refractivity contribution in [2.24, 2.45) is 0 Å². The fraction of sp³-hybridized carbons (Fsp3) is 0.579. The highest BCUT2D eigenvalue weighted by molar-refractivity contribution is 7.07. The number of thiazole rings is 1. The lowest BCUT2D eigenvalue weighted by atomic mass is 9.95. The zero-order valence-electron chi connectivity index (χ0n) is 15.8. The van der Waals surface area contributed by atoms with Gasteiger partial charge in [-0.1, -0.05) is 0 Å². The third-order valence-electron chi connectivity index (χ3n) is 5.49. The van der Waals surface area contributed by atoms with E-state index in [2.05, 4.69) is 23.7 Å². The third kappa shape index (κ3) is 3.82. The Kier molecular flexibility index (Phi) is 5.36. The average Bonchev–Trinajstić information content (AvgIpc) is 3.25. The van der Waals surface area contributed by atoms with Gasteiger partial charge < -0.3 is 14.5 Å². The summed E-state index contributed by atoms with van der Waals surface area (Å²) in [5.41, 5.74) is 4.45. The number of carbonyl (C=O) groups is 1. The Morgan fingerprint density at radius 3 is 2.56 bits per heavy atom. The molecule has 144 valence electrons. The van der Waals surface area contributed by atoms with E-state index in [-0.39, 0.29) is 5.91 Å². The van der Waals surface area contributed by atoms with Crippen molar-refractivity contribution in [1.29, 1.82) is 0 Å². The minimum absolute atomic E-state index is 0.0321. The first-order chi connectivity index (χ1) is 13.1. The smallest absolute Gasteiger partial charge is 0.273 e. The van der Waals surface area contributed by atoms with E-state index in [1.165, 1.54) is 11.3 Å². The molecule has 27 heavy (non-hydrogen) atoms. The number of morpholine rings is 1. The van der Waals surface area contributed by atoms with Crippen LogP contribution in [0.5, 0.6) is 0 Å². The number of aryl methyl sites for hydroxylation is 1. The molecule has 0 unspecified atom stereocenters. The first kappa shape index (κ1) is 18.3. The van der Waals surface area contributed by atoms with E-state index in [9.17, 15) is 4.79 Å². The van der Waals surface area contributed by atoms with Crippen molar-refractivity contribution in [3.05, 3.63) is 33.7 Å². The molecule has 4 heterocycles. The summed E-state index contributed by atoms with van der Waals surface area (Å²) in [6.07, 6.45) is 1.78. The van der Waals surface area contributed by atoms with Crippen LogP contribution < -0.4 is 4.90 Å². The van der Waals surface area contributed by atoms with Crippen LogP contribution in [-0.4, -0.2) is 65.2 Å². The number of hydrogen-bond donors (Lipinski definition) is 0. The lowest BCUT2D eigenvalue weighted by Gasteiger charge is -2.33. The molecule has 2 aromatic rings. The summed E-state index contributed by atoms with van der Waals surface area (Å²) in [6, 6.07) is 0.